The number of benzene rings is 2. The van der Waals surface area contributed by atoms with Gasteiger partial charge in [-0.05, 0) is 36.6 Å². The van der Waals surface area contributed by atoms with Crippen molar-refractivity contribution in [2.75, 3.05) is 14.2 Å². The van der Waals surface area contributed by atoms with Crippen LogP contribution >= 0.6 is 11.8 Å². The molecule has 1 amide bonds. The van der Waals surface area contributed by atoms with Crippen molar-refractivity contribution in [2.45, 2.75) is 38.5 Å². The van der Waals surface area contributed by atoms with Crippen LogP contribution in [0.25, 0.3) is 0 Å². The summed E-state index contributed by atoms with van der Waals surface area (Å²) in [5.41, 5.74) is 3.05. The Morgan fingerprint density at radius 1 is 1.17 bits per heavy atom. The number of amides is 1. The lowest BCUT2D eigenvalue weighted by Gasteiger charge is -2.17. The molecule has 0 radical (unpaired) electrons. The molecular weight excluding hydrogens is 398 g/mol. The number of ether oxygens (including phenoxy) is 2. The van der Waals surface area contributed by atoms with Gasteiger partial charge in [0.2, 0.25) is 5.91 Å². The molecule has 1 atom stereocenters. The summed E-state index contributed by atoms with van der Waals surface area (Å²) in [5.74, 6) is 1.45. The number of rotatable bonds is 8. The largest absolute Gasteiger partial charge is 0.497 e. The Balaban J connectivity index is 1.85. The maximum Gasteiger partial charge on any atom is 0.242 e. The number of thioether (sulfide) groups is 1. The third-order valence-corrected chi connectivity index (χ3v) is 6.18. The molecule has 7 heteroatoms. The molecule has 3 rings (SSSR count). The Bertz CT molecular complexity index is 958. The van der Waals surface area contributed by atoms with Crippen molar-refractivity contribution >= 4 is 29.1 Å². The van der Waals surface area contributed by atoms with E-state index in [-0.39, 0.29) is 11.2 Å². The summed E-state index contributed by atoms with van der Waals surface area (Å²) in [4.78, 5) is 14.7. The highest BCUT2D eigenvalue weighted by Crippen LogP contribution is 2.32. The van der Waals surface area contributed by atoms with E-state index in [0.29, 0.717) is 23.2 Å². The van der Waals surface area contributed by atoms with E-state index < -0.39 is 0 Å². The summed E-state index contributed by atoms with van der Waals surface area (Å²) in [7, 11) is 3.21. The molecule has 1 aliphatic heterocycles. The second-order valence-corrected chi connectivity index (χ2v) is 8.15. The molecule has 0 saturated carbocycles. The van der Waals surface area contributed by atoms with Crippen LogP contribution in [0, 0.1) is 6.92 Å². The summed E-state index contributed by atoms with van der Waals surface area (Å²) in [5, 5.41) is 9.17. The summed E-state index contributed by atoms with van der Waals surface area (Å²) < 4.78 is 10.6. The molecule has 1 heterocycles. The molecule has 0 aliphatic carbocycles. The average molecular weight is 426 g/mol. The lowest BCUT2D eigenvalue weighted by Crippen LogP contribution is -2.31. The monoisotopic (exact) mass is 425 g/mol. The third kappa shape index (κ3) is 5.02. The highest BCUT2D eigenvalue weighted by Gasteiger charge is 2.37. The fraction of sp³-hybridized carbons (Fsp3) is 0.348. The van der Waals surface area contributed by atoms with Gasteiger partial charge in [-0.25, -0.2) is 0 Å². The number of nitrogens with zero attached hydrogens (tertiary/aromatic N) is 3. The highest BCUT2D eigenvalue weighted by molar-refractivity contribution is 8.15. The number of carbonyl (C=O) groups is 1. The minimum atomic E-state index is -0.108. The number of hydrogen-bond donors (Lipinski definition) is 0. The fourth-order valence-corrected chi connectivity index (χ4v) is 4.41. The van der Waals surface area contributed by atoms with Gasteiger partial charge in [-0.15, -0.1) is 5.10 Å². The van der Waals surface area contributed by atoms with E-state index in [0.717, 1.165) is 29.5 Å². The number of aryl methyl sites for hydroxylation is 1. The smallest absolute Gasteiger partial charge is 0.242 e. The first-order valence-corrected chi connectivity index (χ1v) is 10.8. The van der Waals surface area contributed by atoms with Crippen molar-refractivity contribution < 1.29 is 14.3 Å². The van der Waals surface area contributed by atoms with Crippen LogP contribution in [-0.4, -0.2) is 41.7 Å². The maximum absolute atomic E-state index is 13.0. The Morgan fingerprint density at radius 2 is 1.97 bits per heavy atom. The van der Waals surface area contributed by atoms with E-state index >= 15 is 0 Å². The van der Waals surface area contributed by atoms with E-state index in [1.165, 1.54) is 11.8 Å². The topological polar surface area (TPSA) is 63.5 Å². The summed E-state index contributed by atoms with van der Waals surface area (Å²) in [6.45, 7) is 4.64. The minimum Gasteiger partial charge on any atom is -0.497 e. The molecule has 1 saturated heterocycles. The van der Waals surface area contributed by atoms with Crippen molar-refractivity contribution in [3.05, 3.63) is 59.2 Å². The highest BCUT2D eigenvalue weighted by atomic mass is 32.2. The van der Waals surface area contributed by atoms with Crippen molar-refractivity contribution in [2.24, 2.45) is 10.2 Å². The second-order valence-electron chi connectivity index (χ2n) is 6.98. The van der Waals surface area contributed by atoms with Crippen molar-refractivity contribution in [1.29, 1.82) is 0 Å². The van der Waals surface area contributed by atoms with Crippen LogP contribution in [0.1, 0.15) is 36.5 Å². The standard InChI is InChI=1S/C23H27N3O3S/c1-5-8-21-22(27)26(15-18-10-7-6-9-16(18)2)23(30-21)25-24-14-17-11-12-19(28-3)13-20(17)29-4/h6-7,9-14,21H,5,8,15H2,1-4H3/b24-14+,25-23-. The van der Waals surface area contributed by atoms with Gasteiger partial charge in [0.05, 0.1) is 32.2 Å². The van der Waals surface area contributed by atoms with Crippen LogP contribution in [0.3, 0.4) is 0 Å². The van der Waals surface area contributed by atoms with Gasteiger partial charge in [0.15, 0.2) is 5.17 Å². The molecule has 0 aromatic heterocycles. The lowest BCUT2D eigenvalue weighted by molar-refractivity contribution is -0.126. The Hall–Kier alpha value is -2.80. The molecule has 0 spiro atoms. The zero-order valence-electron chi connectivity index (χ0n) is 17.8. The molecule has 0 bridgehead atoms. The fourth-order valence-electron chi connectivity index (χ4n) is 3.20. The molecular formula is C23H27N3O3S. The van der Waals surface area contributed by atoms with Gasteiger partial charge in [0.1, 0.15) is 11.5 Å². The minimum absolute atomic E-state index is 0.0982. The molecule has 158 valence electrons. The Kier molecular flexibility index (Phi) is 7.52. The first kappa shape index (κ1) is 21.9. The van der Waals surface area contributed by atoms with E-state index in [2.05, 4.69) is 30.1 Å². The number of amidine groups is 1. The van der Waals surface area contributed by atoms with Gasteiger partial charge in [-0.2, -0.15) is 5.10 Å². The first-order chi connectivity index (χ1) is 14.6. The van der Waals surface area contributed by atoms with Gasteiger partial charge in [0, 0.05) is 11.6 Å². The van der Waals surface area contributed by atoms with Gasteiger partial charge in [-0.1, -0.05) is 49.4 Å². The zero-order chi connectivity index (χ0) is 21.5. The van der Waals surface area contributed by atoms with Crippen LogP contribution in [0.2, 0.25) is 0 Å². The average Bonchev–Trinajstić information content (AvgIpc) is 3.05. The second kappa shape index (κ2) is 10.3. The maximum atomic E-state index is 13.0. The molecule has 2 aromatic rings. The predicted molar refractivity (Wildman–Crippen MR) is 123 cm³/mol. The van der Waals surface area contributed by atoms with Crippen LogP contribution in [0.15, 0.2) is 52.7 Å². The van der Waals surface area contributed by atoms with Crippen LogP contribution in [0.5, 0.6) is 11.5 Å². The number of hydrogen-bond acceptors (Lipinski definition) is 6. The van der Waals surface area contributed by atoms with E-state index in [4.69, 9.17) is 9.47 Å². The van der Waals surface area contributed by atoms with Crippen molar-refractivity contribution in [3.63, 3.8) is 0 Å². The quantitative estimate of drug-likeness (QED) is 0.456. The summed E-state index contributed by atoms with van der Waals surface area (Å²) >= 11 is 1.49. The van der Waals surface area contributed by atoms with Crippen LogP contribution in [-0.2, 0) is 11.3 Å². The van der Waals surface area contributed by atoms with Gasteiger partial charge in [0.25, 0.3) is 0 Å². The summed E-state index contributed by atoms with van der Waals surface area (Å²) in [6.07, 6.45) is 3.40. The van der Waals surface area contributed by atoms with Crippen LogP contribution < -0.4 is 9.47 Å². The molecule has 30 heavy (non-hydrogen) atoms. The molecule has 6 nitrogen and oxygen atoms in total. The normalized spacial score (nSPS) is 17.9. The molecule has 2 aromatic carbocycles. The predicted octanol–water partition coefficient (Wildman–Crippen LogP) is 4.65. The van der Waals surface area contributed by atoms with Crippen molar-refractivity contribution in [3.8, 4) is 11.5 Å². The van der Waals surface area contributed by atoms with E-state index in [1.807, 2.05) is 30.3 Å². The molecule has 1 fully saturated rings. The number of methoxy groups -OCH3 is 2. The summed E-state index contributed by atoms with van der Waals surface area (Å²) in [6, 6.07) is 13.6. The zero-order valence-corrected chi connectivity index (χ0v) is 18.6. The Morgan fingerprint density at radius 3 is 2.67 bits per heavy atom. The first-order valence-electron chi connectivity index (χ1n) is 9.93. The SMILES string of the molecule is CCCC1S/C(=N\N=C\c2ccc(OC)cc2OC)N(Cc2ccccc2C)C1=O. The molecule has 0 N–H and O–H groups in total. The number of carbonyl (C=O) groups excluding carboxylic acids is 1. The third-order valence-electron chi connectivity index (χ3n) is 4.94. The lowest BCUT2D eigenvalue weighted by atomic mass is 10.1. The van der Waals surface area contributed by atoms with E-state index in [9.17, 15) is 4.79 Å². The van der Waals surface area contributed by atoms with Gasteiger partial charge >= 0.3 is 0 Å². The van der Waals surface area contributed by atoms with Gasteiger partial charge in [-0.3, -0.25) is 9.69 Å². The molecule has 1 unspecified atom stereocenters. The van der Waals surface area contributed by atoms with E-state index in [1.54, 1.807) is 31.4 Å². The van der Waals surface area contributed by atoms with Gasteiger partial charge < -0.3 is 9.47 Å². The molecule has 1 aliphatic rings. The Labute approximate surface area is 182 Å². The van der Waals surface area contributed by atoms with Crippen molar-refractivity contribution in [1.82, 2.24) is 4.90 Å². The van der Waals surface area contributed by atoms with Crippen LogP contribution in [0.4, 0.5) is 0 Å².